The zero-order valence-corrected chi connectivity index (χ0v) is 15.8. The Morgan fingerprint density at radius 1 is 1.11 bits per heavy atom. The fourth-order valence-corrected chi connectivity index (χ4v) is 3.63. The quantitative estimate of drug-likeness (QED) is 0.705. The Kier molecular flexibility index (Phi) is 5.66. The average Bonchev–Trinajstić information content (AvgIpc) is 3.41. The first-order valence-electron chi connectivity index (χ1n) is 9.76. The number of benzene rings is 2. The van der Waals surface area contributed by atoms with Gasteiger partial charge < -0.3 is 14.7 Å². The van der Waals surface area contributed by atoms with E-state index >= 15 is 0 Å². The van der Waals surface area contributed by atoms with Gasteiger partial charge in [-0.3, -0.25) is 0 Å². The van der Waals surface area contributed by atoms with Gasteiger partial charge in [-0.25, -0.2) is 4.79 Å². The van der Waals surface area contributed by atoms with Gasteiger partial charge in [-0.2, -0.15) is 4.98 Å². The molecule has 2 heterocycles. The number of rotatable bonds is 6. The summed E-state index contributed by atoms with van der Waals surface area (Å²) in [6, 6.07) is 19.9. The Bertz CT molecular complexity index is 895. The standard InChI is InChI=1S/C22H24N4O2/c27-22(23-16-17-8-3-1-4-9-17)26-15-7-12-19(26)13-14-20-24-21(28-25-20)18-10-5-2-6-11-18/h1-6,8-11,19H,7,12-16H2,(H,23,27). The lowest BCUT2D eigenvalue weighted by atomic mass is 10.1. The number of aryl methyl sites for hydroxylation is 1. The maximum atomic E-state index is 12.6. The second kappa shape index (κ2) is 8.69. The minimum absolute atomic E-state index is 0.00411. The first kappa shape index (κ1) is 18.2. The molecule has 1 aromatic heterocycles. The molecule has 0 spiro atoms. The summed E-state index contributed by atoms with van der Waals surface area (Å²) >= 11 is 0. The number of aromatic nitrogens is 2. The van der Waals surface area contributed by atoms with Crippen LogP contribution in [0, 0.1) is 0 Å². The van der Waals surface area contributed by atoms with Gasteiger partial charge in [-0.15, -0.1) is 0 Å². The minimum Gasteiger partial charge on any atom is -0.334 e. The van der Waals surface area contributed by atoms with Crippen LogP contribution < -0.4 is 5.32 Å². The molecule has 0 bridgehead atoms. The third-order valence-electron chi connectivity index (χ3n) is 5.11. The molecule has 1 unspecified atom stereocenters. The molecule has 3 aromatic rings. The second-order valence-corrected chi connectivity index (χ2v) is 7.05. The number of hydrogen-bond acceptors (Lipinski definition) is 4. The van der Waals surface area contributed by atoms with Crippen molar-refractivity contribution in [3.8, 4) is 11.5 Å². The molecule has 6 nitrogen and oxygen atoms in total. The van der Waals surface area contributed by atoms with E-state index in [0.29, 0.717) is 24.7 Å². The van der Waals surface area contributed by atoms with Crippen LogP contribution in [0.3, 0.4) is 0 Å². The molecule has 0 saturated carbocycles. The van der Waals surface area contributed by atoms with E-state index in [1.54, 1.807) is 0 Å². The van der Waals surface area contributed by atoms with Gasteiger partial charge in [0.1, 0.15) is 0 Å². The van der Waals surface area contributed by atoms with Crippen LogP contribution in [-0.4, -0.2) is 33.7 Å². The Balaban J connectivity index is 1.30. The van der Waals surface area contributed by atoms with Crippen LogP contribution in [0.5, 0.6) is 0 Å². The van der Waals surface area contributed by atoms with E-state index in [9.17, 15) is 4.79 Å². The summed E-state index contributed by atoms with van der Waals surface area (Å²) in [5.74, 6) is 1.23. The van der Waals surface area contributed by atoms with Crippen molar-refractivity contribution < 1.29 is 9.32 Å². The van der Waals surface area contributed by atoms with Gasteiger partial charge in [0.15, 0.2) is 5.82 Å². The Morgan fingerprint density at radius 2 is 1.86 bits per heavy atom. The third kappa shape index (κ3) is 4.39. The maximum absolute atomic E-state index is 12.6. The molecule has 6 heteroatoms. The molecular formula is C22H24N4O2. The van der Waals surface area contributed by atoms with Gasteiger partial charge in [0, 0.05) is 31.1 Å². The van der Waals surface area contributed by atoms with Crippen LogP contribution in [0.2, 0.25) is 0 Å². The molecule has 1 N–H and O–H groups in total. The first-order chi connectivity index (χ1) is 13.8. The maximum Gasteiger partial charge on any atom is 0.317 e. The lowest BCUT2D eigenvalue weighted by molar-refractivity contribution is 0.189. The highest BCUT2D eigenvalue weighted by atomic mass is 16.5. The second-order valence-electron chi connectivity index (χ2n) is 7.05. The monoisotopic (exact) mass is 376 g/mol. The highest BCUT2D eigenvalue weighted by Crippen LogP contribution is 2.22. The van der Waals surface area contributed by atoms with Crippen LogP contribution in [0.15, 0.2) is 65.2 Å². The van der Waals surface area contributed by atoms with Crippen LogP contribution in [0.4, 0.5) is 4.79 Å². The molecule has 144 valence electrons. The summed E-state index contributed by atoms with van der Waals surface area (Å²) in [5.41, 5.74) is 2.02. The van der Waals surface area contributed by atoms with E-state index in [1.807, 2.05) is 65.6 Å². The van der Waals surface area contributed by atoms with Crippen molar-refractivity contribution in [2.45, 2.75) is 38.3 Å². The SMILES string of the molecule is O=C(NCc1ccccc1)N1CCCC1CCc1noc(-c2ccccc2)n1. The largest absolute Gasteiger partial charge is 0.334 e. The van der Waals surface area contributed by atoms with Gasteiger partial charge in [0.2, 0.25) is 0 Å². The number of amides is 2. The van der Waals surface area contributed by atoms with E-state index in [-0.39, 0.29) is 12.1 Å². The number of hydrogen-bond donors (Lipinski definition) is 1. The minimum atomic E-state index is 0.00411. The molecule has 1 saturated heterocycles. The highest BCUT2D eigenvalue weighted by molar-refractivity contribution is 5.74. The van der Waals surface area contributed by atoms with Gasteiger partial charge in [0.25, 0.3) is 5.89 Å². The number of urea groups is 1. The molecule has 1 atom stereocenters. The number of likely N-dealkylation sites (tertiary alicyclic amines) is 1. The summed E-state index contributed by atoms with van der Waals surface area (Å²) in [4.78, 5) is 19.0. The van der Waals surface area contributed by atoms with Crippen LogP contribution in [-0.2, 0) is 13.0 Å². The topological polar surface area (TPSA) is 71.3 Å². The summed E-state index contributed by atoms with van der Waals surface area (Å²) in [5, 5.41) is 7.13. The number of carbonyl (C=O) groups excluding carboxylic acids is 1. The van der Waals surface area contributed by atoms with Crippen molar-refractivity contribution >= 4 is 6.03 Å². The Morgan fingerprint density at radius 3 is 2.64 bits per heavy atom. The van der Waals surface area contributed by atoms with Crippen molar-refractivity contribution in [3.05, 3.63) is 72.1 Å². The summed E-state index contributed by atoms with van der Waals surface area (Å²) in [7, 11) is 0. The molecule has 2 amide bonds. The predicted octanol–water partition coefficient (Wildman–Crippen LogP) is 4.04. The van der Waals surface area contributed by atoms with Crippen molar-refractivity contribution in [3.63, 3.8) is 0 Å². The first-order valence-corrected chi connectivity index (χ1v) is 9.76. The number of nitrogens with one attached hydrogen (secondary N) is 1. The van der Waals surface area contributed by atoms with Crippen molar-refractivity contribution in [2.75, 3.05) is 6.54 Å². The van der Waals surface area contributed by atoms with E-state index in [4.69, 9.17) is 4.52 Å². The van der Waals surface area contributed by atoms with Gasteiger partial charge >= 0.3 is 6.03 Å². The molecular weight excluding hydrogens is 352 g/mol. The molecule has 4 rings (SSSR count). The highest BCUT2D eigenvalue weighted by Gasteiger charge is 2.28. The number of carbonyl (C=O) groups is 1. The van der Waals surface area contributed by atoms with E-state index in [1.165, 1.54) is 0 Å². The summed E-state index contributed by atoms with van der Waals surface area (Å²) in [6.45, 7) is 1.35. The van der Waals surface area contributed by atoms with Crippen LogP contribution in [0.25, 0.3) is 11.5 Å². The normalized spacial score (nSPS) is 16.3. The average molecular weight is 376 g/mol. The van der Waals surface area contributed by atoms with E-state index < -0.39 is 0 Å². The number of nitrogens with zero attached hydrogens (tertiary/aromatic N) is 3. The van der Waals surface area contributed by atoms with Gasteiger partial charge in [0.05, 0.1) is 0 Å². The fourth-order valence-electron chi connectivity index (χ4n) is 3.63. The molecule has 28 heavy (non-hydrogen) atoms. The third-order valence-corrected chi connectivity index (χ3v) is 5.11. The smallest absolute Gasteiger partial charge is 0.317 e. The van der Waals surface area contributed by atoms with Crippen molar-refractivity contribution in [1.29, 1.82) is 0 Å². The predicted molar refractivity (Wildman–Crippen MR) is 106 cm³/mol. The van der Waals surface area contributed by atoms with Crippen LogP contribution in [0.1, 0.15) is 30.7 Å². The zero-order chi connectivity index (χ0) is 19.2. The lowest BCUT2D eigenvalue weighted by Crippen LogP contribution is -2.42. The van der Waals surface area contributed by atoms with Crippen LogP contribution >= 0.6 is 0 Å². The molecule has 0 radical (unpaired) electrons. The molecule has 1 aliphatic heterocycles. The summed E-state index contributed by atoms with van der Waals surface area (Å²) < 4.78 is 5.37. The molecule has 2 aromatic carbocycles. The van der Waals surface area contributed by atoms with E-state index in [2.05, 4.69) is 15.5 Å². The Labute approximate surface area is 164 Å². The van der Waals surface area contributed by atoms with Gasteiger partial charge in [-0.1, -0.05) is 53.7 Å². The van der Waals surface area contributed by atoms with E-state index in [0.717, 1.165) is 36.9 Å². The fraction of sp³-hybridized carbons (Fsp3) is 0.318. The molecule has 1 fully saturated rings. The zero-order valence-electron chi connectivity index (χ0n) is 15.8. The van der Waals surface area contributed by atoms with Gasteiger partial charge in [-0.05, 0) is 37.0 Å². The van der Waals surface area contributed by atoms with Crippen molar-refractivity contribution in [2.24, 2.45) is 0 Å². The Hall–Kier alpha value is -3.15. The van der Waals surface area contributed by atoms with Crippen molar-refractivity contribution in [1.82, 2.24) is 20.4 Å². The lowest BCUT2D eigenvalue weighted by Gasteiger charge is -2.24. The summed E-state index contributed by atoms with van der Waals surface area (Å²) in [6.07, 6.45) is 3.59. The molecule has 0 aliphatic carbocycles. The molecule has 1 aliphatic rings.